The lowest BCUT2D eigenvalue weighted by Gasteiger charge is -2.19. The van der Waals surface area contributed by atoms with E-state index >= 15 is 0 Å². The summed E-state index contributed by atoms with van der Waals surface area (Å²) >= 11 is 5.91. The van der Waals surface area contributed by atoms with Gasteiger partial charge >= 0.3 is 0 Å². The fraction of sp³-hybridized carbons (Fsp3) is 0.267. The second kappa shape index (κ2) is 6.31. The number of rotatable bonds is 4. The van der Waals surface area contributed by atoms with E-state index in [0.29, 0.717) is 17.0 Å². The highest BCUT2D eigenvalue weighted by Gasteiger charge is 2.16. The number of aromatic nitrogens is 1. The predicted molar refractivity (Wildman–Crippen MR) is 78.9 cm³/mol. The molecular formula is C15H17ClFN3. The maximum absolute atomic E-state index is 13.8. The molecule has 0 aliphatic carbocycles. The molecule has 2 aromatic rings. The van der Waals surface area contributed by atoms with Gasteiger partial charge in [0.05, 0.1) is 6.04 Å². The summed E-state index contributed by atoms with van der Waals surface area (Å²) in [6.07, 6.45) is 0.411. The fourth-order valence-corrected chi connectivity index (χ4v) is 2.44. The third kappa shape index (κ3) is 3.33. The summed E-state index contributed by atoms with van der Waals surface area (Å²) < 4.78 is 13.8. The molecule has 1 atom stereocenters. The van der Waals surface area contributed by atoms with E-state index in [4.69, 9.17) is 17.4 Å². The Kier molecular flexibility index (Phi) is 4.70. The van der Waals surface area contributed by atoms with Crippen LogP contribution in [0.2, 0.25) is 5.02 Å². The summed E-state index contributed by atoms with van der Waals surface area (Å²) in [4.78, 5) is 4.41. The molecule has 1 aromatic heterocycles. The van der Waals surface area contributed by atoms with Crippen molar-refractivity contribution in [1.82, 2.24) is 10.4 Å². The van der Waals surface area contributed by atoms with Gasteiger partial charge in [-0.1, -0.05) is 17.7 Å². The average molecular weight is 294 g/mol. The number of hydrogen-bond donors (Lipinski definition) is 2. The first-order valence-corrected chi connectivity index (χ1v) is 6.73. The highest BCUT2D eigenvalue weighted by molar-refractivity contribution is 6.30. The summed E-state index contributed by atoms with van der Waals surface area (Å²) in [6, 6.07) is 8.19. The smallest absolute Gasteiger partial charge is 0.126 e. The van der Waals surface area contributed by atoms with Gasteiger partial charge < -0.3 is 0 Å². The number of hydrazine groups is 1. The molecule has 0 spiro atoms. The zero-order chi connectivity index (χ0) is 14.7. The maximum atomic E-state index is 13.8. The Labute approximate surface area is 122 Å². The van der Waals surface area contributed by atoms with Crippen LogP contribution in [-0.2, 0) is 6.42 Å². The molecule has 3 N–H and O–H groups in total. The van der Waals surface area contributed by atoms with Crippen LogP contribution in [0.1, 0.15) is 28.6 Å². The minimum atomic E-state index is -0.285. The minimum absolute atomic E-state index is 0.212. The van der Waals surface area contributed by atoms with E-state index in [1.54, 1.807) is 6.07 Å². The molecule has 1 heterocycles. The van der Waals surface area contributed by atoms with Crippen molar-refractivity contribution in [2.24, 2.45) is 5.84 Å². The van der Waals surface area contributed by atoms with Crippen LogP contribution in [0.25, 0.3) is 0 Å². The average Bonchev–Trinajstić information content (AvgIpc) is 2.40. The van der Waals surface area contributed by atoms with Crippen LogP contribution in [0.3, 0.4) is 0 Å². The second-order valence-corrected chi connectivity index (χ2v) is 5.22. The van der Waals surface area contributed by atoms with Crippen LogP contribution in [0.5, 0.6) is 0 Å². The molecule has 0 bridgehead atoms. The first kappa shape index (κ1) is 14.9. The molecule has 3 nitrogen and oxygen atoms in total. The zero-order valence-corrected chi connectivity index (χ0v) is 12.2. The van der Waals surface area contributed by atoms with Crippen molar-refractivity contribution in [3.8, 4) is 0 Å². The highest BCUT2D eigenvalue weighted by atomic mass is 35.5. The number of nitrogens with two attached hydrogens (primary N) is 1. The van der Waals surface area contributed by atoms with Crippen molar-refractivity contribution >= 4 is 11.6 Å². The van der Waals surface area contributed by atoms with Gasteiger partial charge in [0.15, 0.2) is 0 Å². The first-order chi connectivity index (χ1) is 9.51. The Balaban J connectivity index is 2.31. The molecule has 1 aromatic carbocycles. The van der Waals surface area contributed by atoms with Gasteiger partial charge in [-0.3, -0.25) is 16.3 Å². The summed E-state index contributed by atoms with van der Waals surface area (Å²) in [5, 5.41) is 0.510. The molecule has 5 heteroatoms. The van der Waals surface area contributed by atoms with E-state index in [1.807, 2.05) is 26.0 Å². The van der Waals surface area contributed by atoms with Crippen LogP contribution >= 0.6 is 11.6 Å². The molecule has 0 saturated heterocycles. The van der Waals surface area contributed by atoms with Gasteiger partial charge in [-0.25, -0.2) is 4.39 Å². The molecule has 0 saturated carbocycles. The minimum Gasteiger partial charge on any atom is -0.271 e. The zero-order valence-electron chi connectivity index (χ0n) is 11.5. The SMILES string of the molecule is Cc1ccc(C(Cc2cc(Cl)ccc2F)NN)c(C)n1. The van der Waals surface area contributed by atoms with Crippen LogP contribution in [-0.4, -0.2) is 4.98 Å². The van der Waals surface area contributed by atoms with Crippen molar-refractivity contribution in [2.45, 2.75) is 26.3 Å². The van der Waals surface area contributed by atoms with Gasteiger partial charge in [0.2, 0.25) is 0 Å². The Morgan fingerprint density at radius 2 is 2.05 bits per heavy atom. The standard InChI is InChI=1S/C15H17ClFN3/c1-9-3-5-13(10(2)19-9)15(20-18)8-11-7-12(16)4-6-14(11)17/h3-7,15,20H,8,18H2,1-2H3. The lowest BCUT2D eigenvalue weighted by atomic mass is 9.98. The van der Waals surface area contributed by atoms with Gasteiger partial charge in [0.1, 0.15) is 5.82 Å². The topological polar surface area (TPSA) is 50.9 Å². The lowest BCUT2D eigenvalue weighted by molar-refractivity contribution is 0.525. The maximum Gasteiger partial charge on any atom is 0.126 e. The fourth-order valence-electron chi connectivity index (χ4n) is 2.24. The normalized spacial score (nSPS) is 12.4. The molecule has 20 heavy (non-hydrogen) atoms. The third-order valence-electron chi connectivity index (χ3n) is 3.27. The largest absolute Gasteiger partial charge is 0.271 e. The van der Waals surface area contributed by atoms with Crippen LogP contribution in [0.4, 0.5) is 4.39 Å². The Hall–Kier alpha value is -1.49. The van der Waals surface area contributed by atoms with E-state index in [-0.39, 0.29) is 11.9 Å². The molecule has 0 aliphatic rings. The number of halogens is 2. The molecule has 2 rings (SSSR count). The molecule has 0 aliphatic heterocycles. The summed E-state index contributed by atoms with van der Waals surface area (Å²) in [7, 11) is 0. The second-order valence-electron chi connectivity index (χ2n) is 4.79. The Morgan fingerprint density at radius 3 is 2.70 bits per heavy atom. The van der Waals surface area contributed by atoms with Crippen molar-refractivity contribution in [3.05, 3.63) is 63.7 Å². The molecule has 0 fully saturated rings. The van der Waals surface area contributed by atoms with Crippen molar-refractivity contribution < 1.29 is 4.39 Å². The number of pyridine rings is 1. The van der Waals surface area contributed by atoms with Crippen LogP contribution in [0.15, 0.2) is 30.3 Å². The summed E-state index contributed by atoms with van der Waals surface area (Å²) in [5.41, 5.74) is 6.03. The summed E-state index contributed by atoms with van der Waals surface area (Å²) in [6.45, 7) is 3.85. The Morgan fingerprint density at radius 1 is 1.30 bits per heavy atom. The van der Waals surface area contributed by atoms with E-state index in [1.165, 1.54) is 12.1 Å². The van der Waals surface area contributed by atoms with Crippen molar-refractivity contribution in [2.75, 3.05) is 0 Å². The number of nitrogens with one attached hydrogen (secondary N) is 1. The van der Waals surface area contributed by atoms with Crippen LogP contribution < -0.4 is 11.3 Å². The Bertz CT molecular complexity index is 616. The quantitative estimate of drug-likeness (QED) is 0.672. The third-order valence-corrected chi connectivity index (χ3v) is 3.51. The van der Waals surface area contributed by atoms with Crippen molar-refractivity contribution in [3.63, 3.8) is 0 Å². The van der Waals surface area contributed by atoms with Crippen molar-refractivity contribution in [1.29, 1.82) is 0 Å². The number of benzene rings is 1. The van der Waals surface area contributed by atoms with Crippen LogP contribution in [0, 0.1) is 19.7 Å². The molecule has 1 unspecified atom stereocenters. The number of aryl methyl sites for hydroxylation is 2. The molecular weight excluding hydrogens is 277 g/mol. The summed E-state index contributed by atoms with van der Waals surface area (Å²) in [5.74, 6) is 5.33. The van der Waals surface area contributed by atoms with Gasteiger partial charge in [-0.2, -0.15) is 0 Å². The highest BCUT2D eigenvalue weighted by Crippen LogP contribution is 2.23. The molecule has 0 amide bonds. The van der Waals surface area contributed by atoms with E-state index in [9.17, 15) is 4.39 Å². The van der Waals surface area contributed by atoms with E-state index in [0.717, 1.165) is 17.0 Å². The number of nitrogens with zero attached hydrogens (tertiary/aromatic N) is 1. The predicted octanol–water partition coefficient (Wildman–Crippen LogP) is 3.24. The first-order valence-electron chi connectivity index (χ1n) is 6.35. The van der Waals surface area contributed by atoms with Gasteiger partial charge in [-0.15, -0.1) is 0 Å². The van der Waals surface area contributed by atoms with Gasteiger partial charge in [-0.05, 0) is 55.7 Å². The van der Waals surface area contributed by atoms with Gasteiger partial charge in [0.25, 0.3) is 0 Å². The lowest BCUT2D eigenvalue weighted by Crippen LogP contribution is -2.30. The molecule has 0 radical (unpaired) electrons. The van der Waals surface area contributed by atoms with E-state index < -0.39 is 0 Å². The van der Waals surface area contributed by atoms with E-state index in [2.05, 4.69) is 10.4 Å². The number of hydrogen-bond acceptors (Lipinski definition) is 3. The van der Waals surface area contributed by atoms with Gasteiger partial charge in [0, 0.05) is 16.4 Å². The monoisotopic (exact) mass is 293 g/mol. The molecule has 106 valence electrons.